The highest BCUT2D eigenvalue weighted by molar-refractivity contribution is 7.85. The Bertz CT molecular complexity index is 486. The van der Waals surface area contributed by atoms with Crippen molar-refractivity contribution < 1.29 is 22.1 Å². The molecule has 2 N–H and O–H groups in total. The van der Waals surface area contributed by atoms with E-state index in [0.717, 1.165) is 11.8 Å². The van der Waals surface area contributed by atoms with E-state index in [2.05, 4.69) is 4.18 Å². The summed E-state index contributed by atoms with van der Waals surface area (Å²) in [6.07, 6.45) is 0.992. The number of benzene rings is 1. The first-order valence-electron chi connectivity index (χ1n) is 5.30. The first-order chi connectivity index (χ1) is 8.46. The van der Waals surface area contributed by atoms with Crippen LogP contribution in [-0.2, 0) is 20.8 Å². The van der Waals surface area contributed by atoms with Crippen LogP contribution in [0.4, 0.5) is 0 Å². The number of nitrogens with two attached hydrogens (primary N) is 1. The predicted octanol–water partition coefficient (Wildman–Crippen LogP) is 0.509. The van der Waals surface area contributed by atoms with Gasteiger partial charge in [0.15, 0.2) is 0 Å². The molecule has 7 heteroatoms. The molecule has 0 unspecified atom stereocenters. The average molecular weight is 275 g/mol. The quantitative estimate of drug-likeness (QED) is 0.576. The Kier molecular flexibility index (Phi) is 5.39. The van der Waals surface area contributed by atoms with Gasteiger partial charge in [-0.2, -0.15) is 8.42 Å². The molecule has 0 heterocycles. The molecule has 0 spiro atoms. The molecular formula is C11H17NO5S. The van der Waals surface area contributed by atoms with Gasteiger partial charge in [0.05, 0.1) is 13.4 Å². The van der Waals surface area contributed by atoms with E-state index < -0.39 is 10.1 Å². The van der Waals surface area contributed by atoms with Gasteiger partial charge >= 0.3 is 0 Å². The SMILES string of the molecule is COc1ccc(OCCOS(C)(=O)=O)c(CN)c1. The molecule has 0 aliphatic carbocycles. The van der Waals surface area contributed by atoms with Crippen molar-refractivity contribution in [3.05, 3.63) is 23.8 Å². The van der Waals surface area contributed by atoms with Crippen molar-refractivity contribution in [1.29, 1.82) is 0 Å². The van der Waals surface area contributed by atoms with E-state index in [1.807, 2.05) is 0 Å². The molecule has 1 rings (SSSR count). The Labute approximate surface area is 107 Å². The minimum absolute atomic E-state index is 0.0329. The summed E-state index contributed by atoms with van der Waals surface area (Å²) in [5.74, 6) is 1.28. The maximum Gasteiger partial charge on any atom is 0.264 e. The molecule has 102 valence electrons. The van der Waals surface area contributed by atoms with Gasteiger partial charge in [-0.15, -0.1) is 0 Å². The normalized spacial score (nSPS) is 11.3. The number of methoxy groups -OCH3 is 1. The Hall–Kier alpha value is -1.31. The van der Waals surface area contributed by atoms with Crippen molar-refractivity contribution in [3.63, 3.8) is 0 Å². The molecule has 0 atom stereocenters. The zero-order valence-electron chi connectivity index (χ0n) is 10.4. The fourth-order valence-electron chi connectivity index (χ4n) is 1.32. The summed E-state index contributed by atoms with van der Waals surface area (Å²) in [6.45, 7) is 0.404. The first-order valence-corrected chi connectivity index (χ1v) is 7.12. The van der Waals surface area contributed by atoms with Crippen LogP contribution >= 0.6 is 0 Å². The lowest BCUT2D eigenvalue weighted by molar-refractivity contribution is 0.221. The van der Waals surface area contributed by atoms with Crippen LogP contribution < -0.4 is 15.2 Å². The third-order valence-corrected chi connectivity index (χ3v) is 2.72. The molecule has 0 fully saturated rings. The van der Waals surface area contributed by atoms with Crippen molar-refractivity contribution in [1.82, 2.24) is 0 Å². The van der Waals surface area contributed by atoms with Gasteiger partial charge in [0, 0.05) is 12.1 Å². The highest BCUT2D eigenvalue weighted by atomic mass is 32.2. The van der Waals surface area contributed by atoms with Crippen molar-refractivity contribution >= 4 is 10.1 Å². The van der Waals surface area contributed by atoms with E-state index in [4.69, 9.17) is 15.2 Å². The molecule has 0 amide bonds. The van der Waals surface area contributed by atoms with Crippen molar-refractivity contribution in [2.24, 2.45) is 5.73 Å². The maximum atomic E-state index is 10.7. The third kappa shape index (κ3) is 4.91. The molecule has 0 aliphatic heterocycles. The van der Waals surface area contributed by atoms with Gasteiger partial charge in [0.25, 0.3) is 10.1 Å². The lowest BCUT2D eigenvalue weighted by Gasteiger charge is -2.11. The summed E-state index contributed by atoms with van der Waals surface area (Å²) in [5.41, 5.74) is 6.37. The molecule has 18 heavy (non-hydrogen) atoms. The van der Waals surface area contributed by atoms with Crippen molar-refractivity contribution in [2.75, 3.05) is 26.6 Å². The van der Waals surface area contributed by atoms with Crippen LogP contribution in [0, 0.1) is 0 Å². The topological polar surface area (TPSA) is 87.9 Å². The molecule has 1 aromatic carbocycles. The van der Waals surface area contributed by atoms with Gasteiger partial charge in [-0.3, -0.25) is 4.18 Å². The first kappa shape index (κ1) is 14.7. The van der Waals surface area contributed by atoms with E-state index in [1.165, 1.54) is 0 Å². The minimum Gasteiger partial charge on any atom is -0.497 e. The third-order valence-electron chi connectivity index (χ3n) is 2.13. The van der Waals surface area contributed by atoms with Crippen LogP contribution in [0.25, 0.3) is 0 Å². The minimum atomic E-state index is -3.43. The molecular weight excluding hydrogens is 258 g/mol. The summed E-state index contributed by atoms with van der Waals surface area (Å²) in [7, 11) is -1.86. The zero-order chi connectivity index (χ0) is 13.6. The summed E-state index contributed by atoms with van der Waals surface area (Å²) >= 11 is 0. The van der Waals surface area contributed by atoms with Crippen LogP contribution in [0.2, 0.25) is 0 Å². The van der Waals surface area contributed by atoms with Crippen LogP contribution in [0.1, 0.15) is 5.56 Å². The molecule has 0 aromatic heterocycles. The second-order valence-electron chi connectivity index (χ2n) is 3.55. The Morgan fingerprint density at radius 3 is 2.56 bits per heavy atom. The lowest BCUT2D eigenvalue weighted by atomic mass is 10.2. The summed E-state index contributed by atoms with van der Waals surface area (Å²) in [5, 5.41) is 0. The number of hydrogen-bond donors (Lipinski definition) is 1. The summed E-state index contributed by atoms with van der Waals surface area (Å²) < 4.78 is 36.5. The van der Waals surface area contributed by atoms with Crippen LogP contribution in [0.3, 0.4) is 0 Å². The Balaban J connectivity index is 2.56. The standard InChI is InChI=1S/C11H17NO5S/c1-15-10-3-4-11(9(7-10)8-12)16-5-6-17-18(2,13)14/h3-4,7H,5-6,8,12H2,1-2H3. The second-order valence-corrected chi connectivity index (χ2v) is 5.20. The molecule has 0 saturated heterocycles. The van der Waals surface area contributed by atoms with Gasteiger partial charge in [0.1, 0.15) is 24.7 Å². The van der Waals surface area contributed by atoms with Crippen LogP contribution in [-0.4, -0.2) is 35.0 Å². The monoisotopic (exact) mass is 275 g/mol. The number of rotatable bonds is 7. The van der Waals surface area contributed by atoms with Crippen LogP contribution in [0.15, 0.2) is 18.2 Å². The second kappa shape index (κ2) is 6.58. The smallest absolute Gasteiger partial charge is 0.264 e. The van der Waals surface area contributed by atoms with Crippen molar-refractivity contribution in [2.45, 2.75) is 6.54 Å². The fraction of sp³-hybridized carbons (Fsp3) is 0.455. The van der Waals surface area contributed by atoms with Gasteiger partial charge in [-0.25, -0.2) is 0 Å². The van der Waals surface area contributed by atoms with Gasteiger partial charge in [-0.05, 0) is 18.2 Å². The zero-order valence-corrected chi connectivity index (χ0v) is 11.2. The van der Waals surface area contributed by atoms with E-state index in [9.17, 15) is 8.42 Å². The molecule has 0 aliphatic rings. The van der Waals surface area contributed by atoms with Gasteiger partial charge in [0.2, 0.25) is 0 Å². The van der Waals surface area contributed by atoms with Crippen molar-refractivity contribution in [3.8, 4) is 11.5 Å². The average Bonchev–Trinajstić information content (AvgIpc) is 2.33. The molecule has 0 bridgehead atoms. The highest BCUT2D eigenvalue weighted by Crippen LogP contribution is 2.23. The van der Waals surface area contributed by atoms with E-state index in [0.29, 0.717) is 18.0 Å². The lowest BCUT2D eigenvalue weighted by Crippen LogP contribution is -2.12. The fourth-order valence-corrected chi connectivity index (χ4v) is 1.69. The number of ether oxygens (including phenoxy) is 2. The summed E-state index contributed by atoms with van der Waals surface area (Å²) in [4.78, 5) is 0. The molecule has 0 saturated carbocycles. The van der Waals surface area contributed by atoms with Crippen LogP contribution in [0.5, 0.6) is 11.5 Å². The summed E-state index contributed by atoms with van der Waals surface area (Å²) in [6, 6.07) is 5.24. The van der Waals surface area contributed by atoms with Gasteiger partial charge < -0.3 is 15.2 Å². The van der Waals surface area contributed by atoms with E-state index >= 15 is 0 Å². The Morgan fingerprint density at radius 1 is 1.28 bits per heavy atom. The predicted molar refractivity (Wildman–Crippen MR) is 67.2 cm³/mol. The maximum absolute atomic E-state index is 10.7. The number of hydrogen-bond acceptors (Lipinski definition) is 6. The van der Waals surface area contributed by atoms with Gasteiger partial charge in [-0.1, -0.05) is 0 Å². The van der Waals surface area contributed by atoms with E-state index in [-0.39, 0.29) is 13.2 Å². The molecule has 6 nitrogen and oxygen atoms in total. The largest absolute Gasteiger partial charge is 0.497 e. The Morgan fingerprint density at radius 2 is 2.00 bits per heavy atom. The highest BCUT2D eigenvalue weighted by Gasteiger charge is 2.06. The van der Waals surface area contributed by atoms with E-state index in [1.54, 1.807) is 25.3 Å². The molecule has 1 aromatic rings. The molecule has 0 radical (unpaired) electrons.